The zero-order valence-electron chi connectivity index (χ0n) is 7.00. The van der Waals surface area contributed by atoms with E-state index in [0.29, 0.717) is 10.7 Å². The number of ketones is 1. The van der Waals surface area contributed by atoms with E-state index >= 15 is 0 Å². The van der Waals surface area contributed by atoms with Gasteiger partial charge in [-0.1, -0.05) is 17.7 Å². The lowest BCUT2D eigenvalue weighted by Gasteiger charge is -2.01. The largest absolute Gasteiger partial charge is 0.319 e. The lowest BCUT2D eigenvalue weighted by molar-refractivity contribution is -0.133. The minimum atomic E-state index is -0.637. The Bertz CT molecular complexity index is 349. The molecule has 0 atom stereocenters. The van der Waals surface area contributed by atoms with Gasteiger partial charge in [0.1, 0.15) is 0 Å². The van der Waals surface area contributed by atoms with Gasteiger partial charge in [0.25, 0.3) is 5.91 Å². The molecular weight excluding hydrogens is 190 g/mol. The van der Waals surface area contributed by atoms with Crippen LogP contribution in [0.5, 0.6) is 0 Å². The summed E-state index contributed by atoms with van der Waals surface area (Å²) in [5, 5.41) is 2.92. The summed E-state index contributed by atoms with van der Waals surface area (Å²) in [7, 11) is 0. The second-order valence-electron chi connectivity index (χ2n) is 2.52. The molecule has 4 heteroatoms. The number of amides is 1. The Morgan fingerprint density at radius 1 is 1.38 bits per heavy atom. The summed E-state index contributed by atoms with van der Waals surface area (Å²) < 4.78 is 0. The number of hydrogen-bond acceptors (Lipinski definition) is 2. The van der Waals surface area contributed by atoms with Gasteiger partial charge in [-0.25, -0.2) is 0 Å². The lowest BCUT2D eigenvalue weighted by atomic mass is 10.3. The molecule has 0 heterocycles. The van der Waals surface area contributed by atoms with Crippen LogP contribution in [-0.2, 0) is 9.59 Å². The van der Waals surface area contributed by atoms with E-state index in [2.05, 4.69) is 5.32 Å². The number of benzene rings is 1. The fraction of sp³-hybridized carbons (Fsp3) is 0.111. The normalized spacial score (nSPS) is 9.38. The van der Waals surface area contributed by atoms with Crippen molar-refractivity contribution < 1.29 is 9.59 Å². The number of rotatable bonds is 2. The number of anilines is 1. The van der Waals surface area contributed by atoms with Crippen molar-refractivity contribution in [1.29, 1.82) is 0 Å². The zero-order chi connectivity index (χ0) is 9.84. The first-order chi connectivity index (χ1) is 6.09. The number of carbonyl (C=O) groups is 2. The van der Waals surface area contributed by atoms with E-state index in [4.69, 9.17) is 11.6 Å². The van der Waals surface area contributed by atoms with Gasteiger partial charge in [-0.2, -0.15) is 0 Å². The third-order valence-corrected chi connectivity index (χ3v) is 1.64. The van der Waals surface area contributed by atoms with E-state index in [0.717, 1.165) is 0 Å². The molecule has 0 saturated carbocycles. The Morgan fingerprint density at radius 2 is 2.08 bits per heavy atom. The Labute approximate surface area is 80.7 Å². The summed E-state index contributed by atoms with van der Waals surface area (Å²) in [5.74, 6) is -1.16. The molecule has 0 spiro atoms. The van der Waals surface area contributed by atoms with Gasteiger partial charge in [0.15, 0.2) is 0 Å². The van der Waals surface area contributed by atoms with Crippen LogP contribution in [0, 0.1) is 0 Å². The second-order valence-corrected chi connectivity index (χ2v) is 2.96. The highest BCUT2D eigenvalue weighted by Gasteiger charge is 2.06. The van der Waals surface area contributed by atoms with Gasteiger partial charge >= 0.3 is 0 Å². The maximum Gasteiger partial charge on any atom is 0.291 e. The molecule has 1 aromatic rings. The maximum absolute atomic E-state index is 10.9. The molecular formula is C9H8ClNO2. The van der Waals surface area contributed by atoms with Crippen LogP contribution in [-0.4, -0.2) is 11.7 Å². The highest BCUT2D eigenvalue weighted by molar-refractivity contribution is 6.39. The molecule has 1 N–H and O–H groups in total. The van der Waals surface area contributed by atoms with Gasteiger partial charge in [-0.15, -0.1) is 0 Å². The van der Waals surface area contributed by atoms with Crippen LogP contribution in [0.1, 0.15) is 6.92 Å². The summed E-state index contributed by atoms with van der Waals surface area (Å²) in [6, 6.07) is 6.61. The van der Waals surface area contributed by atoms with Gasteiger partial charge in [-0.3, -0.25) is 9.59 Å². The summed E-state index contributed by atoms with van der Waals surface area (Å²) in [6.45, 7) is 1.21. The van der Waals surface area contributed by atoms with Gasteiger partial charge in [0, 0.05) is 17.6 Å². The highest BCUT2D eigenvalue weighted by Crippen LogP contribution is 2.14. The first-order valence-electron chi connectivity index (χ1n) is 3.67. The van der Waals surface area contributed by atoms with Crippen molar-refractivity contribution in [3.05, 3.63) is 29.3 Å². The Hall–Kier alpha value is -1.35. The molecule has 0 bridgehead atoms. The van der Waals surface area contributed by atoms with Crippen molar-refractivity contribution >= 4 is 29.0 Å². The van der Waals surface area contributed by atoms with Gasteiger partial charge in [0.05, 0.1) is 0 Å². The van der Waals surface area contributed by atoms with Crippen LogP contribution in [0.15, 0.2) is 24.3 Å². The minimum Gasteiger partial charge on any atom is -0.319 e. The van der Waals surface area contributed by atoms with E-state index in [1.165, 1.54) is 6.92 Å². The summed E-state index contributed by atoms with van der Waals surface area (Å²) in [4.78, 5) is 21.5. The molecule has 0 fully saturated rings. The van der Waals surface area contributed by atoms with Crippen LogP contribution < -0.4 is 5.32 Å². The van der Waals surface area contributed by atoms with Gasteiger partial charge < -0.3 is 5.32 Å². The second kappa shape index (κ2) is 4.05. The minimum absolute atomic E-state index is 0.515. The molecule has 0 aliphatic rings. The number of nitrogens with one attached hydrogen (secondary N) is 1. The van der Waals surface area contributed by atoms with E-state index in [1.807, 2.05) is 0 Å². The molecule has 1 aromatic carbocycles. The molecule has 0 aliphatic carbocycles. The highest BCUT2D eigenvalue weighted by atomic mass is 35.5. The molecule has 0 aromatic heterocycles. The van der Waals surface area contributed by atoms with Crippen molar-refractivity contribution in [2.24, 2.45) is 0 Å². The predicted octanol–water partition coefficient (Wildman–Crippen LogP) is 1.87. The zero-order valence-corrected chi connectivity index (χ0v) is 7.76. The standard InChI is InChI=1S/C9H8ClNO2/c1-6(12)9(13)11-8-4-2-3-7(10)5-8/h2-5H,1H3,(H,11,13). The Balaban J connectivity index is 2.75. The van der Waals surface area contributed by atoms with E-state index in [-0.39, 0.29) is 0 Å². The molecule has 0 radical (unpaired) electrons. The Morgan fingerprint density at radius 3 is 2.62 bits per heavy atom. The molecule has 0 saturated heterocycles. The fourth-order valence-corrected chi connectivity index (χ4v) is 0.976. The average molecular weight is 198 g/mol. The van der Waals surface area contributed by atoms with Crippen molar-refractivity contribution in [3.8, 4) is 0 Å². The van der Waals surface area contributed by atoms with Crippen molar-refractivity contribution in [3.63, 3.8) is 0 Å². The van der Waals surface area contributed by atoms with Gasteiger partial charge in [-0.05, 0) is 18.2 Å². The van der Waals surface area contributed by atoms with Crippen molar-refractivity contribution in [2.75, 3.05) is 5.32 Å². The van der Waals surface area contributed by atoms with E-state index in [9.17, 15) is 9.59 Å². The smallest absolute Gasteiger partial charge is 0.291 e. The van der Waals surface area contributed by atoms with Crippen LogP contribution in [0.4, 0.5) is 5.69 Å². The average Bonchev–Trinajstić information content (AvgIpc) is 2.04. The predicted molar refractivity (Wildman–Crippen MR) is 50.8 cm³/mol. The van der Waals surface area contributed by atoms with Crippen LogP contribution in [0.2, 0.25) is 5.02 Å². The third kappa shape index (κ3) is 2.87. The van der Waals surface area contributed by atoms with E-state index < -0.39 is 11.7 Å². The van der Waals surface area contributed by atoms with E-state index in [1.54, 1.807) is 24.3 Å². The van der Waals surface area contributed by atoms with Crippen LogP contribution in [0.3, 0.4) is 0 Å². The maximum atomic E-state index is 10.9. The van der Waals surface area contributed by atoms with Crippen LogP contribution in [0.25, 0.3) is 0 Å². The first kappa shape index (κ1) is 9.74. The quantitative estimate of drug-likeness (QED) is 0.736. The van der Waals surface area contributed by atoms with Crippen LogP contribution >= 0.6 is 11.6 Å². The summed E-state index contributed by atoms with van der Waals surface area (Å²) >= 11 is 5.67. The number of Topliss-reactive ketones (excluding diaryl/α,β-unsaturated/α-hetero) is 1. The number of halogens is 1. The van der Waals surface area contributed by atoms with Crippen molar-refractivity contribution in [2.45, 2.75) is 6.92 Å². The summed E-state index contributed by atoms with van der Waals surface area (Å²) in [5.41, 5.74) is 0.521. The molecule has 3 nitrogen and oxygen atoms in total. The lowest BCUT2D eigenvalue weighted by Crippen LogP contribution is -2.19. The van der Waals surface area contributed by atoms with Crippen molar-refractivity contribution in [1.82, 2.24) is 0 Å². The molecule has 1 rings (SSSR count). The number of hydrogen-bond donors (Lipinski definition) is 1. The van der Waals surface area contributed by atoms with Gasteiger partial charge in [0.2, 0.25) is 5.78 Å². The summed E-state index contributed by atoms with van der Waals surface area (Å²) in [6.07, 6.45) is 0. The number of carbonyl (C=O) groups excluding carboxylic acids is 2. The molecule has 0 unspecified atom stereocenters. The topological polar surface area (TPSA) is 46.2 Å². The molecule has 0 aliphatic heterocycles. The third-order valence-electron chi connectivity index (χ3n) is 1.40. The Kier molecular flexibility index (Phi) is 3.03. The fourth-order valence-electron chi connectivity index (χ4n) is 0.785. The SMILES string of the molecule is CC(=O)C(=O)Nc1cccc(Cl)c1. The molecule has 1 amide bonds. The first-order valence-corrected chi connectivity index (χ1v) is 4.05. The monoisotopic (exact) mass is 197 g/mol. The molecule has 13 heavy (non-hydrogen) atoms. The molecule has 68 valence electrons.